The van der Waals surface area contributed by atoms with Crippen LogP contribution in [0.2, 0.25) is 0 Å². The number of methoxy groups -OCH3 is 1. The number of hydrogen-bond acceptors (Lipinski definition) is 5. The van der Waals surface area contributed by atoms with Crippen LogP contribution < -0.4 is 9.47 Å². The third-order valence-corrected chi connectivity index (χ3v) is 3.70. The van der Waals surface area contributed by atoms with Gasteiger partial charge in [0.1, 0.15) is 6.61 Å². The first kappa shape index (κ1) is 14.8. The topological polar surface area (TPSA) is 58.4 Å². The average Bonchev–Trinajstić information content (AvgIpc) is 2.99. The Hall–Kier alpha value is -2.08. The highest BCUT2D eigenvalue weighted by Gasteiger charge is 2.18. The summed E-state index contributed by atoms with van der Waals surface area (Å²) in [5.74, 6) is 3.19. The molecule has 1 aromatic heterocycles. The molecule has 6 heteroatoms. The van der Waals surface area contributed by atoms with Gasteiger partial charge in [-0.25, -0.2) is 0 Å². The first-order valence-corrected chi connectivity index (χ1v) is 7.64. The second-order valence-electron chi connectivity index (χ2n) is 5.21. The minimum atomic E-state index is 0.516. The second-order valence-corrected chi connectivity index (χ2v) is 5.21. The molecule has 1 aliphatic rings. The van der Waals surface area contributed by atoms with Crippen molar-refractivity contribution >= 4 is 0 Å². The lowest BCUT2D eigenvalue weighted by Gasteiger charge is -2.16. The minimum Gasteiger partial charge on any atom is -0.493 e. The molecule has 0 spiro atoms. The van der Waals surface area contributed by atoms with Crippen LogP contribution in [0.25, 0.3) is 11.4 Å². The molecule has 2 aromatic rings. The molecule has 0 radical (unpaired) electrons. The SMILES string of the molecule is CCCCOc1ccc(-c2nnc3n2CCOC3)cc1OC. The summed E-state index contributed by atoms with van der Waals surface area (Å²) in [7, 11) is 1.65. The van der Waals surface area contributed by atoms with E-state index < -0.39 is 0 Å². The van der Waals surface area contributed by atoms with Crippen LogP contribution in [0.1, 0.15) is 25.6 Å². The molecule has 0 fully saturated rings. The van der Waals surface area contributed by atoms with E-state index in [-0.39, 0.29) is 0 Å². The van der Waals surface area contributed by atoms with E-state index in [1.807, 2.05) is 18.2 Å². The van der Waals surface area contributed by atoms with Gasteiger partial charge >= 0.3 is 0 Å². The molecule has 0 atom stereocenters. The van der Waals surface area contributed by atoms with Gasteiger partial charge in [-0.2, -0.15) is 0 Å². The van der Waals surface area contributed by atoms with Crippen molar-refractivity contribution in [1.82, 2.24) is 14.8 Å². The third kappa shape index (κ3) is 2.92. The number of benzene rings is 1. The van der Waals surface area contributed by atoms with E-state index in [1.54, 1.807) is 7.11 Å². The maximum Gasteiger partial charge on any atom is 0.164 e. The van der Waals surface area contributed by atoms with Gasteiger partial charge in [-0.15, -0.1) is 10.2 Å². The van der Waals surface area contributed by atoms with Crippen molar-refractivity contribution in [2.75, 3.05) is 20.3 Å². The highest BCUT2D eigenvalue weighted by atomic mass is 16.5. The van der Waals surface area contributed by atoms with Crippen LogP contribution >= 0.6 is 0 Å². The van der Waals surface area contributed by atoms with Gasteiger partial charge in [0.25, 0.3) is 0 Å². The van der Waals surface area contributed by atoms with Gasteiger partial charge in [-0.1, -0.05) is 13.3 Å². The Balaban J connectivity index is 1.87. The summed E-state index contributed by atoms with van der Waals surface area (Å²) in [6, 6.07) is 5.88. The Morgan fingerprint density at radius 2 is 2.18 bits per heavy atom. The number of rotatable bonds is 6. The van der Waals surface area contributed by atoms with Gasteiger partial charge in [-0.3, -0.25) is 0 Å². The van der Waals surface area contributed by atoms with Crippen LogP contribution in [-0.4, -0.2) is 35.1 Å². The highest BCUT2D eigenvalue weighted by molar-refractivity contribution is 5.61. The highest BCUT2D eigenvalue weighted by Crippen LogP contribution is 2.32. The molecule has 0 saturated carbocycles. The summed E-state index contributed by atoms with van der Waals surface area (Å²) in [5.41, 5.74) is 0.973. The predicted molar refractivity (Wildman–Crippen MR) is 82.1 cm³/mol. The van der Waals surface area contributed by atoms with Crippen molar-refractivity contribution in [3.63, 3.8) is 0 Å². The molecular weight excluding hydrogens is 282 g/mol. The fourth-order valence-electron chi connectivity index (χ4n) is 2.46. The van der Waals surface area contributed by atoms with Crippen molar-refractivity contribution in [3.8, 4) is 22.9 Å². The third-order valence-electron chi connectivity index (χ3n) is 3.70. The molecule has 0 saturated heterocycles. The number of fused-ring (bicyclic) bond motifs is 1. The van der Waals surface area contributed by atoms with Crippen molar-refractivity contribution < 1.29 is 14.2 Å². The molecule has 0 aliphatic carbocycles. The molecule has 1 aliphatic heterocycles. The van der Waals surface area contributed by atoms with Crippen LogP contribution in [0.5, 0.6) is 11.5 Å². The molecule has 2 heterocycles. The lowest BCUT2D eigenvalue weighted by molar-refractivity contribution is 0.0821. The summed E-state index contributed by atoms with van der Waals surface area (Å²) < 4.78 is 18.7. The number of hydrogen-bond donors (Lipinski definition) is 0. The van der Waals surface area contributed by atoms with E-state index in [0.717, 1.165) is 48.1 Å². The Morgan fingerprint density at radius 3 is 3.00 bits per heavy atom. The van der Waals surface area contributed by atoms with Gasteiger partial charge in [0.05, 0.1) is 20.3 Å². The fourth-order valence-corrected chi connectivity index (χ4v) is 2.46. The maximum absolute atomic E-state index is 5.77. The largest absolute Gasteiger partial charge is 0.493 e. The standard InChI is InChI=1S/C16H21N3O3/c1-3-4-8-22-13-6-5-12(10-14(13)20-2)16-18-17-15-11-21-9-7-19(15)16/h5-6,10H,3-4,7-9,11H2,1-2H3. The van der Waals surface area contributed by atoms with Crippen molar-refractivity contribution in [1.29, 1.82) is 0 Å². The van der Waals surface area contributed by atoms with Gasteiger partial charge < -0.3 is 18.8 Å². The Labute approximate surface area is 130 Å². The number of ether oxygens (including phenoxy) is 3. The molecule has 1 aromatic carbocycles. The Morgan fingerprint density at radius 1 is 1.27 bits per heavy atom. The summed E-state index contributed by atoms with van der Waals surface area (Å²) in [4.78, 5) is 0. The van der Waals surface area contributed by atoms with Crippen molar-refractivity contribution in [2.24, 2.45) is 0 Å². The molecule has 0 bridgehead atoms. The van der Waals surface area contributed by atoms with E-state index in [1.165, 1.54) is 0 Å². The van der Waals surface area contributed by atoms with Crippen LogP contribution in [-0.2, 0) is 17.9 Å². The number of aromatic nitrogens is 3. The Bertz CT molecular complexity index is 640. The molecule has 22 heavy (non-hydrogen) atoms. The summed E-state index contributed by atoms with van der Waals surface area (Å²) >= 11 is 0. The molecule has 0 unspecified atom stereocenters. The maximum atomic E-state index is 5.77. The van der Waals surface area contributed by atoms with Crippen LogP contribution in [0, 0.1) is 0 Å². The Kier molecular flexibility index (Phi) is 4.58. The zero-order valence-electron chi connectivity index (χ0n) is 13.0. The summed E-state index contributed by atoms with van der Waals surface area (Å²) in [6.45, 7) is 4.82. The van der Waals surface area contributed by atoms with Crippen LogP contribution in [0.15, 0.2) is 18.2 Å². The van der Waals surface area contributed by atoms with Crippen LogP contribution in [0.4, 0.5) is 0 Å². The van der Waals surface area contributed by atoms with Crippen LogP contribution in [0.3, 0.4) is 0 Å². The van der Waals surface area contributed by atoms with E-state index >= 15 is 0 Å². The quantitative estimate of drug-likeness (QED) is 0.768. The van der Waals surface area contributed by atoms with Gasteiger partial charge in [0, 0.05) is 12.1 Å². The smallest absolute Gasteiger partial charge is 0.164 e. The number of nitrogens with zero attached hydrogens (tertiary/aromatic N) is 3. The zero-order valence-corrected chi connectivity index (χ0v) is 13.0. The number of unbranched alkanes of at least 4 members (excludes halogenated alkanes) is 1. The normalized spacial score (nSPS) is 13.7. The molecule has 6 nitrogen and oxygen atoms in total. The van der Waals surface area contributed by atoms with Crippen molar-refractivity contribution in [2.45, 2.75) is 32.9 Å². The minimum absolute atomic E-state index is 0.516. The molecule has 118 valence electrons. The van der Waals surface area contributed by atoms with E-state index in [9.17, 15) is 0 Å². The first-order chi connectivity index (χ1) is 10.8. The van der Waals surface area contributed by atoms with Gasteiger partial charge in [0.15, 0.2) is 23.1 Å². The summed E-state index contributed by atoms with van der Waals surface area (Å²) in [5, 5.41) is 8.47. The van der Waals surface area contributed by atoms with Crippen molar-refractivity contribution in [3.05, 3.63) is 24.0 Å². The van der Waals surface area contributed by atoms with Gasteiger partial charge in [0.2, 0.25) is 0 Å². The molecular formula is C16H21N3O3. The monoisotopic (exact) mass is 303 g/mol. The zero-order chi connectivity index (χ0) is 15.4. The first-order valence-electron chi connectivity index (χ1n) is 7.64. The molecule has 0 amide bonds. The lowest BCUT2D eigenvalue weighted by atomic mass is 10.2. The second kappa shape index (κ2) is 6.79. The predicted octanol–water partition coefficient (Wildman–Crippen LogP) is 2.66. The van der Waals surface area contributed by atoms with E-state index in [2.05, 4.69) is 21.7 Å². The average molecular weight is 303 g/mol. The lowest BCUT2D eigenvalue weighted by Crippen LogP contribution is -2.17. The van der Waals surface area contributed by atoms with E-state index in [4.69, 9.17) is 14.2 Å². The molecule has 3 rings (SSSR count). The van der Waals surface area contributed by atoms with Gasteiger partial charge in [-0.05, 0) is 24.6 Å². The fraction of sp³-hybridized carbons (Fsp3) is 0.500. The van der Waals surface area contributed by atoms with E-state index in [0.29, 0.717) is 19.8 Å². The summed E-state index contributed by atoms with van der Waals surface area (Å²) in [6.07, 6.45) is 2.14. The molecule has 0 N–H and O–H groups in total.